The van der Waals surface area contributed by atoms with Crippen molar-refractivity contribution in [1.29, 1.82) is 0 Å². The minimum absolute atomic E-state index is 0.00560. The number of aromatic nitrogens is 2. The van der Waals surface area contributed by atoms with Crippen molar-refractivity contribution in [3.8, 4) is 0 Å². The van der Waals surface area contributed by atoms with Gasteiger partial charge < -0.3 is 0 Å². The molecule has 100 valence electrons. The van der Waals surface area contributed by atoms with E-state index in [0.717, 1.165) is 17.9 Å². The van der Waals surface area contributed by atoms with E-state index in [1.54, 1.807) is 0 Å². The first-order valence-corrected chi connectivity index (χ1v) is 7.64. The number of hydrogen-bond acceptors (Lipinski definition) is 3. The van der Waals surface area contributed by atoms with E-state index in [9.17, 15) is 9.59 Å². The number of H-pyrrole nitrogens is 1. The molecule has 0 bridgehead atoms. The molecule has 0 radical (unpaired) electrons. The van der Waals surface area contributed by atoms with Gasteiger partial charge in [-0.1, -0.05) is 25.4 Å². The van der Waals surface area contributed by atoms with E-state index < -0.39 is 5.69 Å². The lowest BCUT2D eigenvalue weighted by atomic mass is 10.1. The molecule has 1 aliphatic rings. The van der Waals surface area contributed by atoms with Crippen LogP contribution in [0.2, 0.25) is 5.15 Å². The highest BCUT2D eigenvalue weighted by atomic mass is 35.5. The second-order valence-electron chi connectivity index (χ2n) is 4.96. The number of rotatable bonds is 3. The predicted octanol–water partition coefficient (Wildman–Crippen LogP) is 2.07. The minimum atomic E-state index is -0.397. The fourth-order valence-electron chi connectivity index (χ4n) is 2.21. The maximum Gasteiger partial charge on any atom is 0.329 e. The van der Waals surface area contributed by atoms with Gasteiger partial charge in [-0.05, 0) is 29.8 Å². The lowest BCUT2D eigenvalue weighted by Crippen LogP contribution is -2.39. The zero-order valence-corrected chi connectivity index (χ0v) is 12.1. The monoisotopic (exact) mass is 288 g/mol. The molecule has 1 unspecified atom stereocenters. The molecule has 0 saturated carbocycles. The smallest absolute Gasteiger partial charge is 0.297 e. The number of nitrogens with zero attached hydrogens (tertiary/aromatic N) is 1. The quantitative estimate of drug-likeness (QED) is 0.866. The van der Waals surface area contributed by atoms with Crippen LogP contribution in [-0.2, 0) is 6.54 Å². The van der Waals surface area contributed by atoms with Crippen LogP contribution in [0.3, 0.4) is 0 Å². The Balaban J connectivity index is 2.43. The van der Waals surface area contributed by atoms with Crippen molar-refractivity contribution in [3.63, 3.8) is 0 Å². The van der Waals surface area contributed by atoms with Crippen molar-refractivity contribution >= 4 is 23.4 Å². The summed E-state index contributed by atoms with van der Waals surface area (Å²) in [6, 6.07) is 0. The molecule has 1 aromatic heterocycles. The maximum atomic E-state index is 12.3. The zero-order chi connectivity index (χ0) is 13.3. The summed E-state index contributed by atoms with van der Waals surface area (Å²) in [5.41, 5.74) is -0.135. The average Bonchev–Trinajstić information content (AvgIpc) is 2.75. The van der Waals surface area contributed by atoms with Gasteiger partial charge in [-0.15, -0.1) is 0 Å². The third kappa shape index (κ3) is 2.67. The fourth-order valence-corrected chi connectivity index (χ4v) is 3.86. The van der Waals surface area contributed by atoms with Crippen LogP contribution in [0.15, 0.2) is 9.59 Å². The highest BCUT2D eigenvalue weighted by Gasteiger charge is 2.20. The zero-order valence-electron chi connectivity index (χ0n) is 10.5. The largest absolute Gasteiger partial charge is 0.329 e. The average molecular weight is 289 g/mol. The van der Waals surface area contributed by atoms with Crippen LogP contribution in [0.25, 0.3) is 0 Å². The van der Waals surface area contributed by atoms with Crippen molar-refractivity contribution in [2.75, 3.05) is 11.5 Å². The summed E-state index contributed by atoms with van der Waals surface area (Å²) in [5, 5.41) is 0.178. The maximum absolute atomic E-state index is 12.3. The molecule has 1 N–H and O–H groups in total. The number of thioether (sulfide) groups is 1. The highest BCUT2D eigenvalue weighted by Crippen LogP contribution is 2.24. The molecule has 6 heteroatoms. The Bertz CT molecular complexity index is 544. The van der Waals surface area contributed by atoms with Crippen molar-refractivity contribution in [2.45, 2.75) is 32.7 Å². The van der Waals surface area contributed by atoms with Gasteiger partial charge in [0.2, 0.25) is 0 Å². The molecule has 1 atom stereocenters. The van der Waals surface area contributed by atoms with Gasteiger partial charge >= 0.3 is 5.69 Å². The van der Waals surface area contributed by atoms with E-state index in [1.165, 1.54) is 4.57 Å². The molecular weight excluding hydrogens is 272 g/mol. The van der Waals surface area contributed by atoms with Gasteiger partial charge in [-0.25, -0.2) is 4.79 Å². The molecule has 1 aromatic rings. The van der Waals surface area contributed by atoms with Crippen molar-refractivity contribution in [2.24, 2.45) is 5.92 Å². The number of halogens is 1. The Morgan fingerprint density at radius 3 is 2.78 bits per heavy atom. The Hall–Kier alpha value is -0.680. The molecule has 0 aliphatic carbocycles. The Morgan fingerprint density at radius 2 is 2.22 bits per heavy atom. The summed E-state index contributed by atoms with van der Waals surface area (Å²) in [4.78, 5) is 26.7. The van der Waals surface area contributed by atoms with Crippen LogP contribution in [-0.4, -0.2) is 21.1 Å². The molecule has 4 nitrogen and oxygen atoms in total. The van der Waals surface area contributed by atoms with Crippen LogP contribution in [0.1, 0.15) is 31.7 Å². The highest BCUT2D eigenvalue weighted by molar-refractivity contribution is 7.99. The Labute approximate surface area is 115 Å². The van der Waals surface area contributed by atoms with Crippen LogP contribution in [0.4, 0.5) is 0 Å². The first-order chi connectivity index (χ1) is 8.50. The SMILES string of the molecule is CC(C)c1c(Cl)[nH]c(=O)n(CC2CCSC2)c1=O. The Kier molecular flexibility index (Phi) is 4.22. The lowest BCUT2D eigenvalue weighted by molar-refractivity contribution is 0.463. The van der Waals surface area contributed by atoms with E-state index in [4.69, 9.17) is 11.6 Å². The normalized spacial score (nSPS) is 19.7. The molecule has 0 spiro atoms. The third-order valence-corrected chi connectivity index (χ3v) is 4.75. The van der Waals surface area contributed by atoms with Gasteiger partial charge in [-0.2, -0.15) is 11.8 Å². The van der Waals surface area contributed by atoms with Gasteiger partial charge in [0, 0.05) is 6.54 Å². The van der Waals surface area contributed by atoms with E-state index in [0.29, 0.717) is 18.0 Å². The summed E-state index contributed by atoms with van der Waals surface area (Å²) >= 11 is 7.82. The van der Waals surface area contributed by atoms with E-state index >= 15 is 0 Å². The molecule has 1 saturated heterocycles. The van der Waals surface area contributed by atoms with Gasteiger partial charge in [-0.3, -0.25) is 14.3 Å². The number of nitrogens with one attached hydrogen (secondary N) is 1. The van der Waals surface area contributed by atoms with Gasteiger partial charge in [0.05, 0.1) is 5.56 Å². The van der Waals surface area contributed by atoms with Crippen molar-refractivity contribution in [1.82, 2.24) is 9.55 Å². The second kappa shape index (κ2) is 5.53. The van der Waals surface area contributed by atoms with Crippen LogP contribution in [0.5, 0.6) is 0 Å². The fraction of sp³-hybridized carbons (Fsp3) is 0.667. The number of hydrogen-bond donors (Lipinski definition) is 1. The van der Waals surface area contributed by atoms with E-state index in [2.05, 4.69) is 4.98 Å². The summed E-state index contributed by atoms with van der Waals surface area (Å²) in [6.07, 6.45) is 1.07. The second-order valence-corrected chi connectivity index (χ2v) is 6.49. The van der Waals surface area contributed by atoms with Crippen molar-refractivity contribution in [3.05, 3.63) is 31.6 Å². The predicted molar refractivity (Wildman–Crippen MR) is 75.9 cm³/mol. The summed E-state index contributed by atoms with van der Waals surface area (Å²) in [7, 11) is 0. The molecule has 1 aliphatic heterocycles. The molecule has 1 fully saturated rings. The molecular formula is C12H17ClN2O2S. The molecule has 2 rings (SSSR count). The first-order valence-electron chi connectivity index (χ1n) is 6.11. The van der Waals surface area contributed by atoms with Gasteiger partial charge in [0.15, 0.2) is 0 Å². The Morgan fingerprint density at radius 1 is 1.50 bits per heavy atom. The van der Waals surface area contributed by atoms with Gasteiger partial charge in [0.25, 0.3) is 5.56 Å². The van der Waals surface area contributed by atoms with Crippen LogP contribution >= 0.6 is 23.4 Å². The molecule has 18 heavy (non-hydrogen) atoms. The van der Waals surface area contributed by atoms with Crippen molar-refractivity contribution < 1.29 is 0 Å². The summed E-state index contributed by atoms with van der Waals surface area (Å²) in [5.74, 6) is 2.55. The summed E-state index contributed by atoms with van der Waals surface area (Å²) in [6.45, 7) is 4.30. The molecule has 0 aromatic carbocycles. The topological polar surface area (TPSA) is 54.9 Å². The van der Waals surface area contributed by atoms with E-state index in [-0.39, 0.29) is 16.6 Å². The minimum Gasteiger partial charge on any atom is -0.297 e. The van der Waals surface area contributed by atoms with Gasteiger partial charge in [0.1, 0.15) is 5.15 Å². The molecule has 0 amide bonds. The standard InChI is InChI=1S/C12H17ClN2O2S/c1-7(2)9-10(13)14-12(17)15(11(9)16)5-8-3-4-18-6-8/h7-8H,3-6H2,1-2H3,(H,14,17). The first kappa shape index (κ1) is 13.7. The van der Waals surface area contributed by atoms with Crippen LogP contribution < -0.4 is 11.2 Å². The summed E-state index contributed by atoms with van der Waals surface area (Å²) < 4.78 is 1.30. The van der Waals surface area contributed by atoms with E-state index in [1.807, 2.05) is 25.6 Å². The number of aromatic amines is 1. The molecule has 2 heterocycles. The lowest BCUT2D eigenvalue weighted by Gasteiger charge is -2.13. The third-order valence-electron chi connectivity index (χ3n) is 3.22. The van der Waals surface area contributed by atoms with Crippen LogP contribution in [0, 0.1) is 5.92 Å².